The first-order chi connectivity index (χ1) is 5.83. The number of hydrogen-bond acceptors (Lipinski definition) is 1. The van der Waals surface area contributed by atoms with Crippen molar-refractivity contribution in [2.45, 2.75) is 40.0 Å². The number of rotatable bonds is 3. The van der Waals surface area contributed by atoms with Gasteiger partial charge in [0.1, 0.15) is 0 Å². The zero-order valence-electron chi connectivity index (χ0n) is 8.22. The molecule has 0 spiro atoms. The molecule has 64 valence electrons. The van der Waals surface area contributed by atoms with E-state index in [-0.39, 0.29) is 0 Å². The van der Waals surface area contributed by atoms with Crippen molar-refractivity contribution in [2.24, 2.45) is 0 Å². The molecular formula is C10H16BN. The van der Waals surface area contributed by atoms with Crippen LogP contribution >= 0.6 is 0 Å². The molecule has 0 bridgehead atoms. The van der Waals surface area contributed by atoms with E-state index in [2.05, 4.69) is 31.6 Å². The van der Waals surface area contributed by atoms with Gasteiger partial charge >= 0.3 is 74.8 Å². The van der Waals surface area contributed by atoms with Crippen LogP contribution in [0.15, 0.2) is 5.96 Å². The first-order valence-electron chi connectivity index (χ1n) is 4.79. The summed E-state index contributed by atoms with van der Waals surface area (Å²) in [5.74, 6) is 2.14. The quantitative estimate of drug-likeness (QED) is 0.661. The summed E-state index contributed by atoms with van der Waals surface area (Å²) in [7, 11) is 1.93. The molecule has 0 aliphatic carbocycles. The van der Waals surface area contributed by atoms with E-state index in [9.17, 15) is 0 Å². The van der Waals surface area contributed by atoms with Gasteiger partial charge in [0, 0.05) is 0 Å². The summed E-state index contributed by atoms with van der Waals surface area (Å²) in [6.07, 6.45) is 3.29. The molecular weight excluding hydrogens is 145 g/mol. The van der Waals surface area contributed by atoms with Crippen molar-refractivity contribution in [3.8, 4) is 0 Å². The van der Waals surface area contributed by atoms with Crippen LogP contribution in [-0.4, -0.2) is 11.9 Å². The second kappa shape index (κ2) is 4.39. The van der Waals surface area contributed by atoms with Crippen LogP contribution in [0, 0.1) is 0 Å². The van der Waals surface area contributed by atoms with Crippen molar-refractivity contribution in [1.82, 2.24) is 4.89 Å². The van der Waals surface area contributed by atoms with E-state index >= 15 is 0 Å². The topological polar surface area (TPSA) is 12.9 Å². The third-order valence-corrected chi connectivity index (χ3v) is 2.31. The second-order valence-electron chi connectivity index (χ2n) is 2.96. The Bertz CT molecular complexity index is 236. The molecule has 0 aliphatic rings. The average Bonchev–Trinajstić information content (AvgIpc) is 2.16. The Morgan fingerprint density at radius 3 is 2.42 bits per heavy atom. The Balaban J connectivity index is 3.13. The van der Waals surface area contributed by atoms with Gasteiger partial charge in [-0.25, -0.2) is 0 Å². The summed E-state index contributed by atoms with van der Waals surface area (Å²) in [6.45, 7) is 6.57. The van der Waals surface area contributed by atoms with Crippen molar-refractivity contribution < 1.29 is 0 Å². The molecule has 0 amide bonds. The normalized spacial score (nSPS) is 9.92. The van der Waals surface area contributed by atoms with Crippen molar-refractivity contribution in [2.75, 3.05) is 0 Å². The molecule has 1 rings (SSSR count). The summed E-state index contributed by atoms with van der Waals surface area (Å²) < 4.78 is 0. The van der Waals surface area contributed by atoms with Gasteiger partial charge in [-0.2, -0.15) is 0 Å². The number of hydrogen-bond donors (Lipinski definition) is 0. The third kappa shape index (κ3) is 1.74. The molecule has 0 saturated carbocycles. The Hall–Kier alpha value is -0.655. The number of nitrogens with zero attached hydrogens (tertiary/aromatic N) is 1. The fourth-order valence-electron chi connectivity index (χ4n) is 1.65. The molecule has 0 saturated heterocycles. The van der Waals surface area contributed by atoms with Gasteiger partial charge < -0.3 is 0 Å². The monoisotopic (exact) mass is 161 g/mol. The Morgan fingerprint density at radius 2 is 1.92 bits per heavy atom. The van der Waals surface area contributed by atoms with Gasteiger partial charge in [0.05, 0.1) is 0 Å². The van der Waals surface area contributed by atoms with Crippen molar-refractivity contribution in [3.05, 3.63) is 22.8 Å². The van der Waals surface area contributed by atoms with E-state index in [0.717, 1.165) is 19.3 Å². The molecule has 0 N–H and O–H groups in total. The van der Waals surface area contributed by atoms with Crippen LogP contribution in [0.2, 0.25) is 0 Å². The Kier molecular flexibility index (Phi) is 3.45. The van der Waals surface area contributed by atoms with Gasteiger partial charge in [-0.3, -0.25) is 0 Å². The van der Waals surface area contributed by atoms with E-state index in [0.29, 0.717) is 0 Å². The van der Waals surface area contributed by atoms with Gasteiger partial charge in [-0.05, 0) is 0 Å². The van der Waals surface area contributed by atoms with Crippen LogP contribution in [0.4, 0.5) is 0 Å². The predicted molar refractivity (Wildman–Crippen MR) is 53.7 cm³/mol. The summed E-state index contributed by atoms with van der Waals surface area (Å²) in [6, 6.07) is 0. The van der Waals surface area contributed by atoms with Gasteiger partial charge in [-0.1, -0.05) is 0 Å². The molecule has 1 aromatic heterocycles. The van der Waals surface area contributed by atoms with Gasteiger partial charge in [0.2, 0.25) is 0 Å². The van der Waals surface area contributed by atoms with Crippen molar-refractivity contribution in [3.63, 3.8) is 0 Å². The summed E-state index contributed by atoms with van der Waals surface area (Å²) in [4.78, 5) is 4.38. The summed E-state index contributed by atoms with van der Waals surface area (Å²) in [5, 5.41) is 0. The molecule has 12 heavy (non-hydrogen) atoms. The molecule has 1 heterocycles. The van der Waals surface area contributed by atoms with Crippen LogP contribution in [0.1, 0.15) is 37.6 Å². The van der Waals surface area contributed by atoms with E-state index in [1.54, 1.807) is 0 Å². The molecule has 0 aliphatic heterocycles. The molecule has 1 nitrogen and oxygen atoms in total. The molecule has 0 radical (unpaired) electrons. The number of aromatic nitrogens is 1. The minimum absolute atomic E-state index is 1.05. The standard InChI is InChI=1S/C10H16BN/c1-4-8-7-11-12-10(6-3)9(8)5-2/h7H,4-6H2,1-3H3. The van der Waals surface area contributed by atoms with Crippen LogP contribution < -0.4 is 0 Å². The second-order valence-corrected chi connectivity index (χ2v) is 2.96. The van der Waals surface area contributed by atoms with Crippen LogP contribution in [-0.2, 0) is 19.3 Å². The SMILES string of the molecule is CCc1cbnc(CC)c1CC. The summed E-state index contributed by atoms with van der Waals surface area (Å²) in [5.41, 5.74) is 4.20. The van der Waals surface area contributed by atoms with E-state index in [4.69, 9.17) is 0 Å². The first kappa shape index (κ1) is 9.43. The molecule has 1 aromatic rings. The molecule has 2 heteroatoms. The maximum atomic E-state index is 4.38. The molecule has 0 fully saturated rings. The van der Waals surface area contributed by atoms with Gasteiger partial charge in [-0.15, -0.1) is 0 Å². The minimum atomic E-state index is 1.05. The third-order valence-electron chi connectivity index (χ3n) is 2.31. The first-order valence-corrected chi connectivity index (χ1v) is 4.79. The average molecular weight is 161 g/mol. The maximum absolute atomic E-state index is 4.38. The molecule has 0 atom stereocenters. The van der Waals surface area contributed by atoms with Crippen LogP contribution in [0.25, 0.3) is 0 Å². The van der Waals surface area contributed by atoms with Crippen LogP contribution in [0.3, 0.4) is 0 Å². The van der Waals surface area contributed by atoms with Gasteiger partial charge in [0.15, 0.2) is 0 Å². The zero-order valence-corrected chi connectivity index (χ0v) is 8.22. The molecule has 0 unspecified atom stereocenters. The fourth-order valence-corrected chi connectivity index (χ4v) is 1.65. The van der Waals surface area contributed by atoms with E-state index in [1.165, 1.54) is 16.8 Å². The summed E-state index contributed by atoms with van der Waals surface area (Å²) >= 11 is 0. The van der Waals surface area contributed by atoms with Crippen LogP contribution in [0.5, 0.6) is 0 Å². The van der Waals surface area contributed by atoms with E-state index < -0.39 is 0 Å². The van der Waals surface area contributed by atoms with E-state index in [1.807, 2.05) is 7.05 Å². The van der Waals surface area contributed by atoms with Crippen molar-refractivity contribution in [1.29, 1.82) is 0 Å². The predicted octanol–water partition coefficient (Wildman–Crippen LogP) is 2.11. The Labute approximate surface area is 75.5 Å². The van der Waals surface area contributed by atoms with Gasteiger partial charge in [0.25, 0.3) is 0 Å². The van der Waals surface area contributed by atoms with Crippen molar-refractivity contribution >= 4 is 7.05 Å². The number of aryl methyl sites for hydroxylation is 2. The zero-order chi connectivity index (χ0) is 8.97. The Morgan fingerprint density at radius 1 is 1.17 bits per heavy atom. The molecule has 0 aromatic carbocycles. The fraction of sp³-hybridized carbons (Fsp3) is 0.600.